The second kappa shape index (κ2) is 3.66. The van der Waals surface area contributed by atoms with E-state index in [4.69, 9.17) is 9.79 Å². The second-order valence-corrected chi connectivity index (χ2v) is 3.94. The number of hydrogen-bond donors (Lipinski definition) is 0. The zero-order valence-corrected chi connectivity index (χ0v) is 6.52. The van der Waals surface area contributed by atoms with Gasteiger partial charge in [-0.25, -0.2) is 0 Å². The molecule has 0 rings (SSSR count). The fourth-order valence-electron chi connectivity index (χ4n) is 0.399. The lowest BCUT2D eigenvalue weighted by Crippen LogP contribution is -1.88. The molecule has 0 N–H and O–H groups in total. The molecule has 0 bridgehead atoms. The van der Waals surface area contributed by atoms with E-state index in [0.29, 0.717) is 12.8 Å². The van der Waals surface area contributed by atoms with E-state index in [1.807, 2.05) is 0 Å². The van der Waals surface area contributed by atoms with E-state index >= 15 is 0 Å². The van der Waals surface area contributed by atoms with Gasteiger partial charge in [0.05, 0.1) is 6.61 Å². The molecule has 3 nitrogen and oxygen atoms in total. The average molecular weight is 147 g/mol. The lowest BCUT2D eigenvalue weighted by molar-refractivity contribution is 0.342. The smallest absolute Gasteiger partial charge is 0.299 e. The number of nitrogens with zero attached hydrogens (tertiary/aromatic N) is 1. The van der Waals surface area contributed by atoms with Gasteiger partial charge in [-0.1, -0.05) is 6.92 Å². The molecule has 0 aliphatic carbocycles. The van der Waals surface area contributed by atoms with E-state index < -0.39 is 7.37 Å². The maximum Gasteiger partial charge on any atom is 0.299 e. The van der Waals surface area contributed by atoms with Crippen LogP contribution in [0.3, 0.4) is 0 Å². The zero-order valence-electron chi connectivity index (χ0n) is 5.63. The van der Waals surface area contributed by atoms with Gasteiger partial charge in [0.2, 0.25) is 0 Å². The van der Waals surface area contributed by atoms with Crippen LogP contribution in [-0.4, -0.2) is 12.8 Å². The molecular weight excluding hydrogens is 137 g/mol. The van der Waals surface area contributed by atoms with Crippen molar-refractivity contribution in [1.29, 1.82) is 5.26 Å². The number of nitriles is 1. The fourth-order valence-corrected chi connectivity index (χ4v) is 1.20. The van der Waals surface area contributed by atoms with Gasteiger partial charge in [-0.05, 0) is 6.92 Å². The van der Waals surface area contributed by atoms with E-state index in [2.05, 4.69) is 0 Å². The van der Waals surface area contributed by atoms with Crippen molar-refractivity contribution >= 4 is 7.37 Å². The van der Waals surface area contributed by atoms with E-state index in [0.717, 1.165) is 0 Å². The van der Waals surface area contributed by atoms with Crippen molar-refractivity contribution in [2.75, 3.05) is 12.8 Å². The van der Waals surface area contributed by atoms with Crippen LogP contribution in [-0.2, 0) is 9.09 Å². The van der Waals surface area contributed by atoms with Gasteiger partial charge < -0.3 is 4.52 Å². The predicted molar refractivity (Wildman–Crippen MR) is 35.4 cm³/mol. The summed E-state index contributed by atoms with van der Waals surface area (Å²) in [4.78, 5) is 0. The highest BCUT2D eigenvalue weighted by atomic mass is 31.2. The fraction of sp³-hybridized carbons (Fsp3) is 0.800. The summed E-state index contributed by atoms with van der Waals surface area (Å²) in [7, 11) is -2.88. The van der Waals surface area contributed by atoms with Crippen LogP contribution in [0.1, 0.15) is 13.8 Å². The highest BCUT2D eigenvalue weighted by Crippen LogP contribution is 2.44. The molecule has 52 valence electrons. The van der Waals surface area contributed by atoms with Crippen molar-refractivity contribution in [2.45, 2.75) is 13.8 Å². The Morgan fingerprint density at radius 3 is 2.33 bits per heavy atom. The molecule has 9 heavy (non-hydrogen) atoms. The summed E-state index contributed by atoms with van der Waals surface area (Å²) in [5.74, 6) is 1.66. The molecule has 0 aliphatic rings. The quantitative estimate of drug-likeness (QED) is 0.572. The van der Waals surface area contributed by atoms with Gasteiger partial charge in [0.15, 0.2) is 5.81 Å². The minimum absolute atomic E-state index is 0.303. The lowest BCUT2D eigenvalue weighted by atomic mass is 10.9. The maximum atomic E-state index is 11.0. The molecule has 0 amide bonds. The Hall–Kier alpha value is -0.320. The summed E-state index contributed by atoms with van der Waals surface area (Å²) in [6.45, 7) is 3.75. The first kappa shape index (κ1) is 8.68. The van der Waals surface area contributed by atoms with Crippen molar-refractivity contribution < 1.29 is 9.09 Å². The molecule has 0 saturated carbocycles. The molecule has 0 aliphatic heterocycles. The van der Waals surface area contributed by atoms with Crippen LogP contribution in [0.5, 0.6) is 0 Å². The number of hydrogen-bond acceptors (Lipinski definition) is 3. The summed E-state index contributed by atoms with van der Waals surface area (Å²) in [5.41, 5.74) is 0. The van der Waals surface area contributed by atoms with Gasteiger partial charge in [-0.2, -0.15) is 5.26 Å². The van der Waals surface area contributed by atoms with Crippen molar-refractivity contribution in [3.8, 4) is 5.81 Å². The molecule has 0 aromatic rings. The third-order valence-electron chi connectivity index (χ3n) is 0.906. The van der Waals surface area contributed by atoms with Gasteiger partial charge in [-0.3, -0.25) is 4.57 Å². The van der Waals surface area contributed by atoms with E-state index in [9.17, 15) is 4.57 Å². The molecule has 0 aromatic heterocycles. The van der Waals surface area contributed by atoms with E-state index in [1.54, 1.807) is 19.7 Å². The third-order valence-corrected chi connectivity index (χ3v) is 2.72. The average Bonchev–Trinajstić information content (AvgIpc) is 1.89. The van der Waals surface area contributed by atoms with Gasteiger partial charge in [0.25, 0.3) is 7.37 Å². The SMILES string of the molecule is CCOP(=O)(C#N)CC. The topological polar surface area (TPSA) is 50.1 Å². The monoisotopic (exact) mass is 147 g/mol. The van der Waals surface area contributed by atoms with Gasteiger partial charge in [0.1, 0.15) is 0 Å². The Morgan fingerprint density at radius 2 is 2.22 bits per heavy atom. The molecule has 0 aromatic carbocycles. The molecule has 1 unspecified atom stereocenters. The largest absolute Gasteiger partial charge is 0.319 e. The minimum Gasteiger partial charge on any atom is -0.319 e. The van der Waals surface area contributed by atoms with Crippen LogP contribution in [0.2, 0.25) is 0 Å². The Labute approximate surface area is 55.1 Å². The Kier molecular flexibility index (Phi) is 3.53. The third kappa shape index (κ3) is 2.64. The Balaban J connectivity index is 3.99. The first-order valence-electron chi connectivity index (χ1n) is 2.83. The molecular formula is C5H10NO2P. The van der Waals surface area contributed by atoms with Crippen molar-refractivity contribution in [1.82, 2.24) is 0 Å². The van der Waals surface area contributed by atoms with Crippen LogP contribution in [0.4, 0.5) is 0 Å². The Morgan fingerprint density at radius 1 is 1.67 bits per heavy atom. The predicted octanol–water partition coefficient (Wildman–Crippen LogP) is 1.80. The van der Waals surface area contributed by atoms with Crippen molar-refractivity contribution in [3.05, 3.63) is 0 Å². The van der Waals surface area contributed by atoms with Crippen LogP contribution in [0.15, 0.2) is 0 Å². The highest BCUT2D eigenvalue weighted by Gasteiger charge is 2.17. The summed E-state index contributed by atoms with van der Waals surface area (Å²) in [6.07, 6.45) is 0.303. The van der Waals surface area contributed by atoms with Gasteiger partial charge >= 0.3 is 0 Å². The molecule has 0 saturated heterocycles. The lowest BCUT2D eigenvalue weighted by Gasteiger charge is -2.04. The summed E-state index contributed by atoms with van der Waals surface area (Å²) >= 11 is 0. The maximum absolute atomic E-state index is 11.0. The molecule has 0 spiro atoms. The summed E-state index contributed by atoms with van der Waals surface area (Å²) < 4.78 is 15.7. The standard InChI is InChI=1S/C5H10NO2P/c1-3-8-9(7,4-2)5-6/h3-4H2,1-2H3. The van der Waals surface area contributed by atoms with E-state index in [-0.39, 0.29) is 0 Å². The van der Waals surface area contributed by atoms with Crippen LogP contribution in [0.25, 0.3) is 0 Å². The van der Waals surface area contributed by atoms with Crippen LogP contribution < -0.4 is 0 Å². The Bertz CT molecular complexity index is 161. The minimum atomic E-state index is -2.88. The van der Waals surface area contributed by atoms with Gasteiger partial charge in [-0.15, -0.1) is 0 Å². The highest BCUT2D eigenvalue weighted by molar-refractivity contribution is 7.63. The summed E-state index contributed by atoms with van der Waals surface area (Å²) in [5, 5.41) is 8.28. The van der Waals surface area contributed by atoms with Crippen LogP contribution >= 0.6 is 7.37 Å². The molecule has 0 fully saturated rings. The van der Waals surface area contributed by atoms with Crippen molar-refractivity contribution in [3.63, 3.8) is 0 Å². The zero-order chi connectivity index (χ0) is 7.33. The molecule has 4 heteroatoms. The summed E-state index contributed by atoms with van der Waals surface area (Å²) in [6, 6.07) is 0. The second-order valence-electron chi connectivity index (χ2n) is 1.51. The first-order valence-corrected chi connectivity index (χ1v) is 4.64. The first-order chi connectivity index (χ1) is 4.18. The van der Waals surface area contributed by atoms with Crippen molar-refractivity contribution in [2.24, 2.45) is 0 Å². The normalized spacial score (nSPS) is 16.1. The van der Waals surface area contributed by atoms with Gasteiger partial charge in [0, 0.05) is 6.16 Å². The van der Waals surface area contributed by atoms with Crippen LogP contribution in [0, 0.1) is 11.1 Å². The molecule has 0 heterocycles. The molecule has 1 atom stereocenters. The number of rotatable bonds is 3. The van der Waals surface area contributed by atoms with E-state index in [1.165, 1.54) is 0 Å². The molecule has 0 radical (unpaired) electrons.